The van der Waals surface area contributed by atoms with Crippen LogP contribution in [-0.2, 0) is 32.4 Å². The number of sulfonamides is 1. The molecule has 0 radical (unpaired) electrons. The van der Waals surface area contributed by atoms with E-state index < -0.39 is 22.5 Å². The van der Waals surface area contributed by atoms with Gasteiger partial charge in [0.2, 0.25) is 10.0 Å². The van der Waals surface area contributed by atoms with E-state index in [1.165, 1.54) is 5.56 Å². The van der Waals surface area contributed by atoms with Crippen LogP contribution in [0.3, 0.4) is 0 Å². The van der Waals surface area contributed by atoms with Crippen molar-refractivity contribution in [3.63, 3.8) is 0 Å². The van der Waals surface area contributed by atoms with E-state index in [1.54, 1.807) is 12.1 Å². The van der Waals surface area contributed by atoms with E-state index in [0.29, 0.717) is 5.75 Å². The zero-order valence-electron chi connectivity index (χ0n) is 15.9. The smallest absolute Gasteiger partial charge is 0.321 e. The van der Waals surface area contributed by atoms with Gasteiger partial charge in [-0.1, -0.05) is 23.8 Å². The van der Waals surface area contributed by atoms with Gasteiger partial charge in [0.1, 0.15) is 25.5 Å². The lowest BCUT2D eigenvalue weighted by Crippen LogP contribution is -2.31. The van der Waals surface area contributed by atoms with E-state index in [9.17, 15) is 13.2 Å². The molecule has 0 atom stereocenters. The third-order valence-electron chi connectivity index (χ3n) is 4.67. The standard InChI is InChI=1S/C21H25NO5S/c1-16-6-9-19(10-7-16)26-12-13-27-21(23)15-22-28(24,25)20-11-8-17-4-2-3-5-18(17)14-20/h6-11,14,22H,2-5,12-13,15H2,1H3. The van der Waals surface area contributed by atoms with E-state index in [-0.39, 0.29) is 18.1 Å². The fourth-order valence-electron chi connectivity index (χ4n) is 3.11. The first-order valence-electron chi connectivity index (χ1n) is 9.40. The SMILES string of the molecule is Cc1ccc(OCCOC(=O)CNS(=O)(=O)c2ccc3c(c2)CCCC3)cc1. The molecule has 0 saturated carbocycles. The Hall–Kier alpha value is -2.38. The van der Waals surface area contributed by atoms with Gasteiger partial charge in [-0.25, -0.2) is 8.42 Å². The maximum Gasteiger partial charge on any atom is 0.321 e. The zero-order chi connectivity index (χ0) is 20.0. The monoisotopic (exact) mass is 403 g/mol. The fraction of sp³-hybridized carbons (Fsp3) is 0.381. The molecule has 7 heteroatoms. The topological polar surface area (TPSA) is 81.7 Å². The third kappa shape index (κ3) is 5.56. The molecule has 2 aromatic carbocycles. The van der Waals surface area contributed by atoms with Crippen LogP contribution in [0.15, 0.2) is 47.4 Å². The highest BCUT2D eigenvalue weighted by molar-refractivity contribution is 7.89. The summed E-state index contributed by atoms with van der Waals surface area (Å²) in [7, 11) is -3.75. The van der Waals surface area contributed by atoms with E-state index in [1.807, 2.05) is 37.3 Å². The molecular formula is C21H25NO5S. The first-order valence-corrected chi connectivity index (χ1v) is 10.9. The Labute approximate surface area is 165 Å². The Kier molecular flexibility index (Phi) is 6.70. The molecule has 0 fully saturated rings. The maximum atomic E-state index is 12.4. The van der Waals surface area contributed by atoms with E-state index in [2.05, 4.69) is 4.72 Å². The van der Waals surface area contributed by atoms with Gasteiger partial charge in [0.15, 0.2) is 0 Å². The molecule has 0 heterocycles. The molecule has 2 aromatic rings. The lowest BCUT2D eigenvalue weighted by Gasteiger charge is -2.16. The molecule has 0 aromatic heterocycles. The highest BCUT2D eigenvalue weighted by Gasteiger charge is 2.19. The number of hydrogen-bond acceptors (Lipinski definition) is 5. The number of carbonyl (C=O) groups excluding carboxylic acids is 1. The number of aryl methyl sites for hydroxylation is 3. The summed E-state index contributed by atoms with van der Waals surface area (Å²) >= 11 is 0. The minimum absolute atomic E-state index is 0.0489. The molecule has 3 rings (SSSR count). The molecule has 0 amide bonds. The van der Waals surface area contributed by atoms with Crippen molar-refractivity contribution in [2.45, 2.75) is 37.5 Å². The summed E-state index contributed by atoms with van der Waals surface area (Å²) in [6.45, 7) is 1.82. The summed E-state index contributed by atoms with van der Waals surface area (Å²) in [4.78, 5) is 12.0. The minimum Gasteiger partial charge on any atom is -0.490 e. The van der Waals surface area contributed by atoms with E-state index in [4.69, 9.17) is 9.47 Å². The van der Waals surface area contributed by atoms with Crippen molar-refractivity contribution in [3.05, 3.63) is 59.2 Å². The lowest BCUT2D eigenvalue weighted by molar-refractivity contribution is -0.142. The molecule has 0 spiro atoms. The summed E-state index contributed by atoms with van der Waals surface area (Å²) in [6.07, 6.45) is 4.08. The number of hydrogen-bond donors (Lipinski definition) is 1. The highest BCUT2D eigenvalue weighted by atomic mass is 32.2. The second kappa shape index (κ2) is 9.21. The molecule has 6 nitrogen and oxygen atoms in total. The number of benzene rings is 2. The van der Waals surface area contributed by atoms with Crippen molar-refractivity contribution in [2.24, 2.45) is 0 Å². The van der Waals surface area contributed by atoms with Gasteiger partial charge in [-0.2, -0.15) is 4.72 Å². The maximum absolute atomic E-state index is 12.4. The normalized spacial score (nSPS) is 13.6. The van der Waals surface area contributed by atoms with Crippen molar-refractivity contribution in [3.8, 4) is 5.75 Å². The summed E-state index contributed by atoms with van der Waals surface area (Å²) in [5.74, 6) is 0.0452. The lowest BCUT2D eigenvalue weighted by atomic mass is 9.92. The number of nitrogens with one attached hydrogen (secondary N) is 1. The predicted molar refractivity (Wildman–Crippen MR) is 106 cm³/mol. The molecular weight excluding hydrogens is 378 g/mol. The average Bonchev–Trinajstić information content (AvgIpc) is 2.70. The Balaban J connectivity index is 1.43. The predicted octanol–water partition coefficient (Wildman–Crippen LogP) is 2.77. The number of rotatable bonds is 8. The number of carbonyl (C=O) groups is 1. The van der Waals surface area contributed by atoms with Crippen LogP contribution >= 0.6 is 0 Å². The van der Waals surface area contributed by atoms with Crippen molar-refractivity contribution in [2.75, 3.05) is 19.8 Å². The first-order chi connectivity index (χ1) is 13.4. The van der Waals surface area contributed by atoms with Crippen molar-refractivity contribution in [1.29, 1.82) is 0 Å². The highest BCUT2D eigenvalue weighted by Crippen LogP contribution is 2.24. The van der Waals surface area contributed by atoms with Gasteiger partial charge in [-0.15, -0.1) is 0 Å². The van der Waals surface area contributed by atoms with Crippen LogP contribution in [-0.4, -0.2) is 34.1 Å². The summed E-state index contributed by atoms with van der Waals surface area (Å²) in [6, 6.07) is 12.7. The summed E-state index contributed by atoms with van der Waals surface area (Å²) < 4.78 is 37.6. The van der Waals surface area contributed by atoms with Crippen molar-refractivity contribution < 1.29 is 22.7 Å². The Morgan fingerprint density at radius 2 is 1.71 bits per heavy atom. The molecule has 1 aliphatic rings. The molecule has 1 aliphatic carbocycles. The minimum atomic E-state index is -3.75. The van der Waals surface area contributed by atoms with Crippen LogP contribution in [0.5, 0.6) is 5.75 Å². The van der Waals surface area contributed by atoms with Gasteiger partial charge >= 0.3 is 5.97 Å². The summed E-state index contributed by atoms with van der Waals surface area (Å²) in [5.41, 5.74) is 3.41. The molecule has 0 unspecified atom stereocenters. The van der Waals surface area contributed by atoms with Gasteiger partial charge in [-0.05, 0) is 68.0 Å². The molecule has 0 saturated heterocycles. The van der Waals surface area contributed by atoms with Crippen molar-refractivity contribution >= 4 is 16.0 Å². The van der Waals surface area contributed by atoms with Crippen LogP contribution in [0, 0.1) is 6.92 Å². The van der Waals surface area contributed by atoms with Gasteiger partial charge < -0.3 is 9.47 Å². The van der Waals surface area contributed by atoms with Crippen LogP contribution in [0.25, 0.3) is 0 Å². The Bertz CT molecular complexity index is 922. The van der Waals surface area contributed by atoms with Crippen molar-refractivity contribution in [1.82, 2.24) is 4.72 Å². The third-order valence-corrected chi connectivity index (χ3v) is 6.07. The van der Waals surface area contributed by atoms with Gasteiger partial charge in [0.25, 0.3) is 0 Å². The molecule has 150 valence electrons. The Morgan fingerprint density at radius 3 is 2.46 bits per heavy atom. The van der Waals surface area contributed by atoms with Gasteiger partial charge in [-0.3, -0.25) is 4.79 Å². The number of esters is 1. The first kappa shape index (κ1) is 20.4. The van der Waals surface area contributed by atoms with E-state index in [0.717, 1.165) is 36.8 Å². The average molecular weight is 404 g/mol. The largest absolute Gasteiger partial charge is 0.490 e. The van der Waals surface area contributed by atoms with Gasteiger partial charge in [0.05, 0.1) is 4.90 Å². The van der Waals surface area contributed by atoms with Crippen LogP contribution in [0.1, 0.15) is 29.5 Å². The van der Waals surface area contributed by atoms with Gasteiger partial charge in [0, 0.05) is 0 Å². The van der Waals surface area contributed by atoms with Crippen LogP contribution in [0.2, 0.25) is 0 Å². The fourth-order valence-corrected chi connectivity index (χ4v) is 4.13. The molecule has 1 N–H and O–H groups in total. The molecule has 0 aliphatic heterocycles. The zero-order valence-corrected chi connectivity index (χ0v) is 16.8. The number of fused-ring (bicyclic) bond motifs is 1. The second-order valence-electron chi connectivity index (χ2n) is 6.84. The molecule has 0 bridgehead atoms. The quantitative estimate of drug-likeness (QED) is 0.541. The molecule has 28 heavy (non-hydrogen) atoms. The van der Waals surface area contributed by atoms with Crippen LogP contribution in [0.4, 0.5) is 0 Å². The Morgan fingerprint density at radius 1 is 1.00 bits per heavy atom. The number of ether oxygens (including phenoxy) is 2. The summed E-state index contributed by atoms with van der Waals surface area (Å²) in [5, 5.41) is 0. The van der Waals surface area contributed by atoms with E-state index >= 15 is 0 Å². The van der Waals surface area contributed by atoms with Crippen LogP contribution < -0.4 is 9.46 Å². The second-order valence-corrected chi connectivity index (χ2v) is 8.61.